The maximum absolute atomic E-state index is 6.50. The summed E-state index contributed by atoms with van der Waals surface area (Å²) < 4.78 is 8.86. The average molecular weight is 779 g/mol. The van der Waals surface area contributed by atoms with Gasteiger partial charge in [-0.2, -0.15) is 0 Å². The van der Waals surface area contributed by atoms with E-state index in [4.69, 9.17) is 4.42 Å². The van der Waals surface area contributed by atoms with Crippen LogP contribution in [0.5, 0.6) is 0 Å². The molecule has 0 aliphatic rings. The van der Waals surface area contributed by atoms with E-state index in [9.17, 15) is 0 Å². The lowest BCUT2D eigenvalue weighted by Gasteiger charge is -2.27. The molecule has 12 rings (SSSR count). The van der Waals surface area contributed by atoms with Gasteiger partial charge in [0, 0.05) is 49.6 Å². The van der Waals surface area contributed by atoms with Gasteiger partial charge >= 0.3 is 0 Å². The highest BCUT2D eigenvalue weighted by atomic mass is 16.3. The Morgan fingerprint density at radius 3 is 1.66 bits per heavy atom. The van der Waals surface area contributed by atoms with Gasteiger partial charge in [-0.05, 0) is 106 Å². The Labute approximate surface area is 353 Å². The summed E-state index contributed by atoms with van der Waals surface area (Å²) in [5.41, 5.74) is 15.6. The zero-order valence-electron chi connectivity index (χ0n) is 33.2. The van der Waals surface area contributed by atoms with Gasteiger partial charge < -0.3 is 13.9 Å². The number of para-hydroxylation sites is 3. The minimum absolute atomic E-state index is 0.892. The van der Waals surface area contributed by atoms with Crippen LogP contribution in [0, 0.1) is 0 Å². The number of furan rings is 1. The summed E-state index contributed by atoms with van der Waals surface area (Å²) in [4.78, 5) is 2.38. The van der Waals surface area contributed by atoms with E-state index in [1.165, 1.54) is 43.7 Å². The quantitative estimate of drug-likeness (QED) is 0.161. The van der Waals surface area contributed by atoms with Crippen LogP contribution in [0.15, 0.2) is 235 Å². The summed E-state index contributed by atoms with van der Waals surface area (Å²) in [7, 11) is 0. The number of benzene rings is 10. The van der Waals surface area contributed by atoms with Crippen LogP contribution >= 0.6 is 0 Å². The van der Waals surface area contributed by atoms with Gasteiger partial charge in [0.05, 0.1) is 16.7 Å². The summed E-state index contributed by atoms with van der Waals surface area (Å²) in [6.45, 7) is 0. The molecule has 0 N–H and O–H groups in total. The van der Waals surface area contributed by atoms with Crippen LogP contribution in [0.1, 0.15) is 0 Å². The Kier molecular flexibility index (Phi) is 8.17. The van der Waals surface area contributed by atoms with Gasteiger partial charge in [-0.15, -0.1) is 0 Å². The van der Waals surface area contributed by atoms with Gasteiger partial charge in [0.2, 0.25) is 0 Å². The van der Waals surface area contributed by atoms with Gasteiger partial charge in [-0.1, -0.05) is 158 Å². The van der Waals surface area contributed by atoms with Gasteiger partial charge in [0.1, 0.15) is 11.2 Å². The molecule has 0 unspecified atom stereocenters. The van der Waals surface area contributed by atoms with Crippen molar-refractivity contribution >= 4 is 71.6 Å². The van der Waals surface area contributed by atoms with Gasteiger partial charge in [-0.25, -0.2) is 0 Å². The van der Waals surface area contributed by atoms with E-state index in [-0.39, 0.29) is 0 Å². The fourth-order valence-corrected chi connectivity index (χ4v) is 9.27. The molecule has 2 aromatic heterocycles. The first-order valence-electron chi connectivity index (χ1n) is 20.8. The predicted octanol–water partition coefficient (Wildman–Crippen LogP) is 16.3. The van der Waals surface area contributed by atoms with E-state index in [1.54, 1.807) is 0 Å². The van der Waals surface area contributed by atoms with E-state index in [0.717, 1.165) is 66.9 Å². The van der Waals surface area contributed by atoms with Crippen molar-refractivity contribution in [2.45, 2.75) is 0 Å². The van der Waals surface area contributed by atoms with E-state index in [1.807, 2.05) is 6.07 Å². The number of anilines is 3. The van der Waals surface area contributed by atoms with E-state index >= 15 is 0 Å². The summed E-state index contributed by atoms with van der Waals surface area (Å²) in [5, 5.41) is 7.14. The standard InChI is InChI=1S/C58H38N2O/c1-3-13-42(14-4-1)49-21-12-22-51-53-38-44(30-36-57(53)61-58(49)51)40-27-33-47(34-28-40)59(54-24-11-16-41-15-7-8-19-48(41)54)46-31-25-39(26-32-46)43-29-35-56-52(37-43)50-20-9-10-23-55(50)60(56)45-17-5-2-6-18-45/h1-38H. The van der Waals surface area contributed by atoms with Crippen molar-refractivity contribution in [3.05, 3.63) is 231 Å². The molecule has 0 saturated carbocycles. The highest BCUT2D eigenvalue weighted by molar-refractivity contribution is 6.12. The molecule has 12 aromatic rings. The molecule has 61 heavy (non-hydrogen) atoms. The molecule has 0 atom stereocenters. The smallest absolute Gasteiger partial charge is 0.143 e. The average Bonchev–Trinajstić information content (AvgIpc) is 3.88. The van der Waals surface area contributed by atoms with Crippen molar-refractivity contribution in [2.24, 2.45) is 0 Å². The molecule has 0 aliphatic heterocycles. The van der Waals surface area contributed by atoms with Crippen LogP contribution in [0.3, 0.4) is 0 Å². The fourth-order valence-electron chi connectivity index (χ4n) is 9.27. The second kappa shape index (κ2) is 14.3. The monoisotopic (exact) mass is 778 g/mol. The number of hydrogen-bond donors (Lipinski definition) is 0. The third kappa shape index (κ3) is 5.90. The fraction of sp³-hybridized carbons (Fsp3) is 0. The third-order valence-corrected chi connectivity index (χ3v) is 12.2. The second-order valence-corrected chi connectivity index (χ2v) is 15.7. The first-order chi connectivity index (χ1) is 30.2. The normalized spacial score (nSPS) is 11.6. The Morgan fingerprint density at radius 2 is 0.902 bits per heavy atom. The number of nitrogens with zero attached hydrogens (tertiary/aromatic N) is 2. The third-order valence-electron chi connectivity index (χ3n) is 12.2. The first kappa shape index (κ1) is 34.9. The molecule has 10 aromatic carbocycles. The van der Waals surface area contributed by atoms with Gasteiger partial charge in [0.25, 0.3) is 0 Å². The van der Waals surface area contributed by atoms with Crippen LogP contribution in [0.2, 0.25) is 0 Å². The molecule has 3 nitrogen and oxygen atoms in total. The molecular formula is C58H38N2O. The Hall–Kier alpha value is -8.14. The van der Waals surface area contributed by atoms with Crippen LogP contribution in [0.4, 0.5) is 17.1 Å². The zero-order chi connectivity index (χ0) is 40.3. The summed E-state index contributed by atoms with van der Waals surface area (Å²) in [6.07, 6.45) is 0. The Bertz CT molecular complexity index is 3560. The highest BCUT2D eigenvalue weighted by Crippen LogP contribution is 2.42. The molecule has 0 bridgehead atoms. The van der Waals surface area contributed by atoms with Crippen LogP contribution in [-0.2, 0) is 0 Å². The molecule has 0 amide bonds. The zero-order valence-corrected chi connectivity index (χ0v) is 33.2. The number of fused-ring (bicyclic) bond motifs is 7. The first-order valence-corrected chi connectivity index (χ1v) is 20.8. The topological polar surface area (TPSA) is 21.3 Å². The van der Waals surface area contributed by atoms with Crippen LogP contribution in [0.25, 0.3) is 93.6 Å². The lowest BCUT2D eigenvalue weighted by molar-refractivity contribution is 0.670. The van der Waals surface area contributed by atoms with Crippen LogP contribution in [-0.4, -0.2) is 4.57 Å². The van der Waals surface area contributed by atoms with E-state index < -0.39 is 0 Å². The molecule has 286 valence electrons. The molecule has 0 aliphatic carbocycles. The van der Waals surface area contributed by atoms with Crippen molar-refractivity contribution in [2.75, 3.05) is 4.90 Å². The summed E-state index contributed by atoms with van der Waals surface area (Å²) in [6, 6.07) is 82.8. The largest absolute Gasteiger partial charge is 0.455 e. The molecule has 3 heteroatoms. The van der Waals surface area contributed by atoms with Crippen LogP contribution < -0.4 is 4.90 Å². The van der Waals surface area contributed by atoms with Crippen molar-refractivity contribution in [3.8, 4) is 39.1 Å². The second-order valence-electron chi connectivity index (χ2n) is 15.7. The van der Waals surface area contributed by atoms with Gasteiger partial charge in [-0.3, -0.25) is 0 Å². The van der Waals surface area contributed by atoms with E-state index in [2.05, 4.69) is 234 Å². The molecule has 0 spiro atoms. The maximum atomic E-state index is 6.50. The van der Waals surface area contributed by atoms with Crippen molar-refractivity contribution in [1.82, 2.24) is 4.57 Å². The molecule has 0 fully saturated rings. The highest BCUT2D eigenvalue weighted by Gasteiger charge is 2.18. The Morgan fingerprint density at radius 1 is 0.344 bits per heavy atom. The minimum atomic E-state index is 0.892. The number of rotatable bonds is 7. The molecule has 0 saturated heterocycles. The van der Waals surface area contributed by atoms with E-state index in [0.29, 0.717) is 0 Å². The lowest BCUT2D eigenvalue weighted by atomic mass is 9.99. The number of hydrogen-bond acceptors (Lipinski definition) is 2. The van der Waals surface area contributed by atoms with Crippen molar-refractivity contribution in [1.29, 1.82) is 0 Å². The summed E-state index contributed by atoms with van der Waals surface area (Å²) in [5.74, 6) is 0. The summed E-state index contributed by atoms with van der Waals surface area (Å²) >= 11 is 0. The Balaban J connectivity index is 0.925. The minimum Gasteiger partial charge on any atom is -0.455 e. The van der Waals surface area contributed by atoms with Gasteiger partial charge in [0.15, 0.2) is 0 Å². The molecule has 0 radical (unpaired) electrons. The van der Waals surface area contributed by atoms with Crippen molar-refractivity contribution < 1.29 is 4.42 Å². The number of aromatic nitrogens is 1. The lowest BCUT2D eigenvalue weighted by Crippen LogP contribution is -2.10. The maximum Gasteiger partial charge on any atom is 0.143 e. The molecular weight excluding hydrogens is 741 g/mol. The van der Waals surface area contributed by atoms with Crippen molar-refractivity contribution in [3.63, 3.8) is 0 Å². The molecule has 2 heterocycles. The SMILES string of the molecule is c1ccc(-c2cccc3c2oc2ccc(-c4ccc(N(c5ccc(-c6ccc7c(c6)c6ccccc6n7-c6ccccc6)cc5)c5cccc6ccccc56)cc4)cc23)cc1. The predicted molar refractivity (Wildman–Crippen MR) is 257 cm³/mol.